The number of nitrogens with two attached hydrogens (primary N) is 2. The van der Waals surface area contributed by atoms with Crippen molar-refractivity contribution in [2.24, 2.45) is 0 Å². The second-order valence-electron chi connectivity index (χ2n) is 4.56. The molecule has 1 aromatic heterocycles. The maximum atomic E-state index is 14.2. The molecule has 0 unspecified atom stereocenters. The average Bonchev–Trinajstić information content (AvgIpc) is 2.55. The number of esters is 2. The van der Waals surface area contributed by atoms with Crippen molar-refractivity contribution in [3.05, 3.63) is 41.5 Å². The summed E-state index contributed by atoms with van der Waals surface area (Å²) in [5.41, 5.74) is 11.8. The van der Waals surface area contributed by atoms with Crippen LogP contribution in [0.25, 0.3) is 11.1 Å². The lowest BCUT2D eigenvalue weighted by Crippen LogP contribution is -2.09. The molecule has 0 bridgehead atoms. The van der Waals surface area contributed by atoms with Gasteiger partial charge in [0, 0.05) is 23.0 Å². The van der Waals surface area contributed by atoms with Gasteiger partial charge in [0.05, 0.1) is 25.5 Å². The highest BCUT2D eigenvalue weighted by Gasteiger charge is 2.18. The number of ether oxygens (including phenoxy) is 2. The van der Waals surface area contributed by atoms with Crippen LogP contribution in [0.2, 0.25) is 0 Å². The summed E-state index contributed by atoms with van der Waals surface area (Å²) in [4.78, 5) is 26.8. The van der Waals surface area contributed by atoms with Crippen LogP contribution in [0.5, 0.6) is 0 Å². The Morgan fingerprint density at radius 1 is 1.04 bits per heavy atom. The van der Waals surface area contributed by atoms with E-state index < -0.39 is 17.8 Å². The first-order chi connectivity index (χ1) is 10.9. The SMILES string of the molecule is COC(=O)c1cc(F)c(-c2cnc(C(=O)OC)c(N)c2)cc1N. The Labute approximate surface area is 131 Å². The largest absolute Gasteiger partial charge is 0.465 e. The van der Waals surface area contributed by atoms with E-state index in [4.69, 9.17) is 11.5 Å². The van der Waals surface area contributed by atoms with E-state index in [0.717, 1.165) is 6.07 Å². The molecule has 2 rings (SSSR count). The van der Waals surface area contributed by atoms with Crippen LogP contribution >= 0.6 is 0 Å². The van der Waals surface area contributed by atoms with E-state index in [0.29, 0.717) is 5.56 Å². The number of hydrogen-bond acceptors (Lipinski definition) is 7. The fourth-order valence-electron chi connectivity index (χ4n) is 1.99. The highest BCUT2D eigenvalue weighted by Crippen LogP contribution is 2.29. The molecule has 1 aromatic carbocycles. The van der Waals surface area contributed by atoms with E-state index in [1.54, 1.807) is 0 Å². The zero-order valence-electron chi connectivity index (χ0n) is 12.4. The minimum Gasteiger partial charge on any atom is -0.465 e. The maximum Gasteiger partial charge on any atom is 0.358 e. The van der Waals surface area contributed by atoms with Gasteiger partial charge in [0.25, 0.3) is 0 Å². The molecule has 0 aliphatic carbocycles. The van der Waals surface area contributed by atoms with Crippen molar-refractivity contribution in [3.63, 3.8) is 0 Å². The topological polar surface area (TPSA) is 118 Å². The minimum absolute atomic E-state index is 0.0318. The Bertz CT molecular complexity index is 793. The number of rotatable bonds is 3. The first-order valence-electron chi connectivity index (χ1n) is 6.40. The molecule has 0 radical (unpaired) electrons. The molecule has 0 saturated carbocycles. The lowest BCUT2D eigenvalue weighted by Gasteiger charge is -2.10. The minimum atomic E-state index is -0.744. The summed E-state index contributed by atoms with van der Waals surface area (Å²) in [6.45, 7) is 0. The molecular formula is C15H14FN3O4. The molecule has 2 aromatic rings. The summed E-state index contributed by atoms with van der Waals surface area (Å²) in [6, 6.07) is 3.62. The molecule has 0 saturated heterocycles. The van der Waals surface area contributed by atoms with Gasteiger partial charge in [0.2, 0.25) is 0 Å². The van der Waals surface area contributed by atoms with Crippen LogP contribution in [0.4, 0.5) is 15.8 Å². The van der Waals surface area contributed by atoms with Gasteiger partial charge in [-0.25, -0.2) is 19.0 Å². The number of benzene rings is 1. The first kappa shape index (κ1) is 16.2. The fraction of sp³-hybridized carbons (Fsp3) is 0.133. The van der Waals surface area contributed by atoms with Gasteiger partial charge in [-0.2, -0.15) is 0 Å². The molecule has 23 heavy (non-hydrogen) atoms. The predicted molar refractivity (Wildman–Crippen MR) is 81.1 cm³/mol. The molecule has 4 N–H and O–H groups in total. The van der Waals surface area contributed by atoms with Gasteiger partial charge in [0.1, 0.15) is 5.82 Å². The van der Waals surface area contributed by atoms with Crippen molar-refractivity contribution in [2.45, 2.75) is 0 Å². The predicted octanol–water partition coefficient (Wildman–Crippen LogP) is 1.63. The van der Waals surface area contributed by atoms with E-state index in [9.17, 15) is 14.0 Å². The van der Waals surface area contributed by atoms with Crippen molar-refractivity contribution in [2.75, 3.05) is 25.7 Å². The Morgan fingerprint density at radius 3 is 2.26 bits per heavy atom. The van der Waals surface area contributed by atoms with Gasteiger partial charge in [-0.3, -0.25) is 0 Å². The molecule has 0 aliphatic heterocycles. The number of hydrogen-bond donors (Lipinski definition) is 2. The van der Waals surface area contributed by atoms with E-state index in [1.165, 1.54) is 32.5 Å². The third-order valence-electron chi connectivity index (χ3n) is 3.15. The van der Waals surface area contributed by atoms with Crippen LogP contribution in [0.1, 0.15) is 20.8 Å². The second-order valence-corrected chi connectivity index (χ2v) is 4.56. The highest BCUT2D eigenvalue weighted by atomic mass is 19.1. The molecule has 0 amide bonds. The summed E-state index contributed by atoms with van der Waals surface area (Å²) in [5.74, 6) is -2.15. The van der Waals surface area contributed by atoms with Crippen molar-refractivity contribution in [1.82, 2.24) is 4.98 Å². The van der Waals surface area contributed by atoms with Crippen molar-refractivity contribution < 1.29 is 23.5 Å². The highest BCUT2D eigenvalue weighted by molar-refractivity contribution is 5.97. The summed E-state index contributed by atoms with van der Waals surface area (Å²) < 4.78 is 23.3. The van der Waals surface area contributed by atoms with Gasteiger partial charge in [0.15, 0.2) is 5.69 Å². The van der Waals surface area contributed by atoms with E-state index in [2.05, 4.69) is 14.5 Å². The molecule has 8 heteroatoms. The van der Waals surface area contributed by atoms with Crippen molar-refractivity contribution in [3.8, 4) is 11.1 Å². The summed E-state index contributed by atoms with van der Waals surface area (Å²) in [7, 11) is 2.37. The third kappa shape index (κ3) is 3.05. The van der Waals surface area contributed by atoms with Gasteiger partial charge in [-0.15, -0.1) is 0 Å². The Balaban J connectivity index is 2.51. The standard InChI is InChI=1S/C15H14FN3O4/c1-22-14(20)9-4-10(16)8(5-11(9)17)7-3-12(18)13(19-6-7)15(21)23-2/h3-6H,17-18H2,1-2H3. The number of anilines is 2. The van der Waals surface area contributed by atoms with Crippen LogP contribution < -0.4 is 11.5 Å². The Kier molecular flexibility index (Phi) is 4.44. The van der Waals surface area contributed by atoms with Crippen LogP contribution in [-0.2, 0) is 9.47 Å². The molecule has 1 heterocycles. The number of pyridine rings is 1. The number of halogens is 1. The summed E-state index contributed by atoms with van der Waals surface area (Å²) >= 11 is 0. The quantitative estimate of drug-likeness (QED) is 0.652. The molecule has 0 fully saturated rings. The summed E-state index contributed by atoms with van der Waals surface area (Å²) in [5, 5.41) is 0. The Morgan fingerprint density at radius 2 is 1.70 bits per heavy atom. The second kappa shape index (κ2) is 6.30. The zero-order chi connectivity index (χ0) is 17.1. The van der Waals surface area contributed by atoms with Crippen LogP contribution in [0, 0.1) is 5.82 Å². The number of carbonyl (C=O) groups excluding carboxylic acids is 2. The van der Waals surface area contributed by atoms with Crippen LogP contribution in [0.3, 0.4) is 0 Å². The first-order valence-corrected chi connectivity index (χ1v) is 6.40. The third-order valence-corrected chi connectivity index (χ3v) is 3.15. The Hall–Kier alpha value is -3.16. The average molecular weight is 319 g/mol. The van der Waals surface area contributed by atoms with Gasteiger partial charge >= 0.3 is 11.9 Å². The number of nitrogens with zero attached hydrogens (tertiary/aromatic N) is 1. The van der Waals surface area contributed by atoms with Crippen molar-refractivity contribution in [1.29, 1.82) is 0 Å². The monoisotopic (exact) mass is 319 g/mol. The normalized spacial score (nSPS) is 10.2. The molecule has 0 spiro atoms. The molecule has 120 valence electrons. The van der Waals surface area contributed by atoms with Gasteiger partial charge in [-0.1, -0.05) is 0 Å². The van der Waals surface area contributed by atoms with Crippen LogP contribution in [-0.4, -0.2) is 31.1 Å². The molecule has 0 aliphatic rings. The number of nitrogen functional groups attached to an aromatic ring is 2. The van der Waals surface area contributed by atoms with Gasteiger partial charge < -0.3 is 20.9 Å². The number of methoxy groups -OCH3 is 2. The number of carbonyl (C=O) groups is 2. The van der Waals surface area contributed by atoms with E-state index in [-0.39, 0.29) is 28.2 Å². The van der Waals surface area contributed by atoms with E-state index in [1.807, 2.05) is 0 Å². The lowest BCUT2D eigenvalue weighted by atomic mass is 10.0. The fourth-order valence-corrected chi connectivity index (χ4v) is 1.99. The molecule has 0 atom stereocenters. The summed E-state index contributed by atoms with van der Waals surface area (Å²) in [6.07, 6.45) is 1.26. The van der Waals surface area contributed by atoms with Gasteiger partial charge in [-0.05, 0) is 18.2 Å². The zero-order valence-corrected chi connectivity index (χ0v) is 12.4. The smallest absolute Gasteiger partial charge is 0.358 e. The molecular weight excluding hydrogens is 305 g/mol. The van der Waals surface area contributed by atoms with Crippen LogP contribution in [0.15, 0.2) is 24.4 Å². The van der Waals surface area contributed by atoms with E-state index >= 15 is 0 Å². The lowest BCUT2D eigenvalue weighted by molar-refractivity contribution is 0.0589. The number of aromatic nitrogens is 1. The molecule has 7 nitrogen and oxygen atoms in total. The van der Waals surface area contributed by atoms with Crippen molar-refractivity contribution >= 4 is 23.3 Å². The maximum absolute atomic E-state index is 14.2.